The maximum atomic E-state index is 13.3. The number of hydrogen-bond acceptors (Lipinski definition) is 4. The van der Waals surface area contributed by atoms with E-state index < -0.39 is 29.3 Å². The second kappa shape index (κ2) is 7.26. The van der Waals surface area contributed by atoms with Gasteiger partial charge in [-0.15, -0.1) is 0 Å². The molecule has 1 heterocycles. The summed E-state index contributed by atoms with van der Waals surface area (Å²) in [6.07, 6.45) is -0.728. The molecule has 0 aliphatic rings. The molecular weight excluding hydrogens is 298 g/mol. The topological polar surface area (TPSA) is 61.4 Å². The molecule has 0 radical (unpaired) electrons. The molecule has 1 aromatic heterocycles. The Hall–Kier alpha value is -1.83. The first kappa shape index (κ1) is 15.6. The first-order valence-electron chi connectivity index (χ1n) is 6.22. The number of benzene rings is 1. The van der Waals surface area contributed by atoms with Gasteiger partial charge in [0, 0.05) is 6.54 Å². The molecule has 3 N–H and O–H groups in total. The van der Waals surface area contributed by atoms with Gasteiger partial charge in [-0.25, -0.2) is 8.78 Å². The van der Waals surface area contributed by atoms with Gasteiger partial charge in [-0.1, -0.05) is 6.07 Å². The van der Waals surface area contributed by atoms with Crippen LogP contribution >= 0.6 is 11.3 Å². The van der Waals surface area contributed by atoms with Gasteiger partial charge in [0.15, 0.2) is 0 Å². The first-order valence-corrected chi connectivity index (χ1v) is 7.17. The van der Waals surface area contributed by atoms with Crippen molar-refractivity contribution in [3.63, 3.8) is 0 Å². The zero-order valence-electron chi connectivity index (χ0n) is 11.0. The Labute approximate surface area is 124 Å². The van der Waals surface area contributed by atoms with Crippen molar-refractivity contribution >= 4 is 22.9 Å². The molecule has 21 heavy (non-hydrogen) atoms. The number of amides is 1. The normalized spacial score (nSPS) is 12.1. The number of nitrogens with one attached hydrogen (secondary N) is 2. The summed E-state index contributed by atoms with van der Waals surface area (Å²) in [6.45, 7) is 0.0128. The van der Waals surface area contributed by atoms with E-state index in [1.165, 1.54) is 17.4 Å². The summed E-state index contributed by atoms with van der Waals surface area (Å²) in [5.74, 6) is -2.25. The van der Waals surface area contributed by atoms with E-state index in [-0.39, 0.29) is 13.1 Å². The summed E-state index contributed by atoms with van der Waals surface area (Å²) in [5, 5.41) is 18.3. The lowest BCUT2D eigenvalue weighted by molar-refractivity contribution is -0.115. The van der Waals surface area contributed by atoms with Crippen LogP contribution in [0, 0.1) is 11.6 Å². The van der Waals surface area contributed by atoms with Gasteiger partial charge < -0.3 is 15.7 Å². The number of aliphatic hydroxyl groups excluding tert-OH is 1. The second-order valence-electron chi connectivity index (χ2n) is 4.35. The fourth-order valence-electron chi connectivity index (χ4n) is 1.71. The van der Waals surface area contributed by atoms with Gasteiger partial charge in [0.25, 0.3) is 0 Å². The zero-order chi connectivity index (χ0) is 15.2. The molecule has 2 rings (SSSR count). The highest BCUT2D eigenvalue weighted by Gasteiger charge is 2.12. The van der Waals surface area contributed by atoms with Gasteiger partial charge in [0.05, 0.1) is 12.6 Å². The third-order valence-corrected chi connectivity index (χ3v) is 3.48. The monoisotopic (exact) mass is 312 g/mol. The molecule has 0 spiro atoms. The quantitative estimate of drug-likeness (QED) is 0.767. The number of para-hydroxylation sites is 1. The number of thiophene rings is 1. The van der Waals surface area contributed by atoms with Crippen molar-refractivity contribution in [3.05, 3.63) is 52.2 Å². The molecule has 0 bridgehead atoms. The number of carbonyl (C=O) groups excluding carboxylic acids is 1. The second-order valence-corrected chi connectivity index (χ2v) is 5.13. The number of aliphatic hydroxyl groups is 1. The van der Waals surface area contributed by atoms with Crippen LogP contribution in [-0.4, -0.2) is 24.1 Å². The van der Waals surface area contributed by atoms with E-state index in [0.29, 0.717) is 0 Å². The van der Waals surface area contributed by atoms with Crippen molar-refractivity contribution in [3.8, 4) is 0 Å². The molecule has 2 aromatic rings. The molecule has 7 heteroatoms. The smallest absolute Gasteiger partial charge is 0.238 e. The average molecular weight is 312 g/mol. The molecule has 0 saturated heterocycles. The Bertz CT molecular complexity index is 585. The van der Waals surface area contributed by atoms with E-state index in [1.54, 1.807) is 11.4 Å². The number of carbonyl (C=O) groups is 1. The fraction of sp³-hybridized carbons (Fsp3) is 0.214. The molecule has 1 amide bonds. The molecule has 0 fully saturated rings. The summed E-state index contributed by atoms with van der Waals surface area (Å²) >= 11 is 1.46. The third kappa shape index (κ3) is 4.32. The van der Waals surface area contributed by atoms with Gasteiger partial charge in [-0.05, 0) is 34.5 Å². The van der Waals surface area contributed by atoms with Crippen LogP contribution < -0.4 is 10.6 Å². The summed E-state index contributed by atoms with van der Waals surface area (Å²) in [7, 11) is 0. The Balaban J connectivity index is 1.80. The van der Waals surface area contributed by atoms with Crippen LogP contribution in [0.3, 0.4) is 0 Å². The van der Waals surface area contributed by atoms with Gasteiger partial charge in [-0.3, -0.25) is 4.79 Å². The number of rotatable bonds is 6. The van der Waals surface area contributed by atoms with Crippen molar-refractivity contribution in [2.75, 3.05) is 18.4 Å². The van der Waals surface area contributed by atoms with Crippen molar-refractivity contribution in [1.29, 1.82) is 0 Å². The van der Waals surface area contributed by atoms with E-state index in [4.69, 9.17) is 0 Å². The summed E-state index contributed by atoms with van der Waals surface area (Å²) in [6, 6.07) is 5.13. The standard InChI is InChI=1S/C14H14F2N2O2S/c15-10-2-1-3-11(16)14(10)18-13(20)7-17-6-12(19)9-4-5-21-8-9/h1-5,8,12,17,19H,6-7H2,(H,18,20). The number of hydrogen-bond donors (Lipinski definition) is 3. The molecule has 0 saturated carbocycles. The van der Waals surface area contributed by atoms with Crippen molar-refractivity contribution in [1.82, 2.24) is 5.32 Å². The fourth-order valence-corrected chi connectivity index (χ4v) is 2.41. The lowest BCUT2D eigenvalue weighted by atomic mass is 10.2. The summed E-state index contributed by atoms with van der Waals surface area (Å²) in [5.41, 5.74) is 0.288. The molecule has 4 nitrogen and oxygen atoms in total. The minimum atomic E-state index is -0.832. The van der Waals surface area contributed by atoms with Crippen molar-refractivity contribution in [2.45, 2.75) is 6.10 Å². The van der Waals surface area contributed by atoms with Crippen LogP contribution in [0.4, 0.5) is 14.5 Å². The largest absolute Gasteiger partial charge is 0.387 e. The minimum absolute atomic E-state index is 0.158. The predicted octanol–water partition coefficient (Wildman–Crippen LogP) is 2.29. The van der Waals surface area contributed by atoms with Gasteiger partial charge >= 0.3 is 0 Å². The molecular formula is C14H14F2N2O2S. The van der Waals surface area contributed by atoms with Crippen LogP contribution in [0.1, 0.15) is 11.7 Å². The lowest BCUT2D eigenvalue weighted by Gasteiger charge is -2.11. The maximum absolute atomic E-state index is 13.3. The van der Waals surface area contributed by atoms with E-state index in [9.17, 15) is 18.7 Å². The highest BCUT2D eigenvalue weighted by molar-refractivity contribution is 7.07. The highest BCUT2D eigenvalue weighted by Crippen LogP contribution is 2.18. The van der Waals surface area contributed by atoms with Gasteiger partial charge in [0.2, 0.25) is 5.91 Å². The predicted molar refractivity (Wildman–Crippen MR) is 77.1 cm³/mol. The van der Waals surface area contributed by atoms with Crippen LogP contribution in [-0.2, 0) is 4.79 Å². The SMILES string of the molecule is O=C(CNCC(O)c1ccsc1)Nc1c(F)cccc1F. The maximum Gasteiger partial charge on any atom is 0.238 e. The Morgan fingerprint density at radius 3 is 2.62 bits per heavy atom. The van der Waals surface area contributed by atoms with E-state index in [2.05, 4.69) is 10.6 Å². The van der Waals surface area contributed by atoms with E-state index >= 15 is 0 Å². The molecule has 1 unspecified atom stereocenters. The minimum Gasteiger partial charge on any atom is -0.387 e. The molecule has 1 aromatic carbocycles. The molecule has 0 aliphatic carbocycles. The van der Waals surface area contributed by atoms with Crippen LogP contribution in [0.25, 0.3) is 0 Å². The number of anilines is 1. The summed E-state index contributed by atoms with van der Waals surface area (Å²) in [4.78, 5) is 11.6. The Kier molecular flexibility index (Phi) is 5.38. The first-order chi connectivity index (χ1) is 10.1. The Morgan fingerprint density at radius 1 is 1.29 bits per heavy atom. The van der Waals surface area contributed by atoms with Crippen LogP contribution in [0.15, 0.2) is 35.0 Å². The summed E-state index contributed by atoms with van der Waals surface area (Å²) < 4.78 is 26.7. The van der Waals surface area contributed by atoms with Crippen LogP contribution in [0.2, 0.25) is 0 Å². The van der Waals surface area contributed by atoms with Crippen molar-refractivity contribution < 1.29 is 18.7 Å². The third-order valence-electron chi connectivity index (χ3n) is 2.78. The molecule has 0 aliphatic heterocycles. The lowest BCUT2D eigenvalue weighted by Crippen LogP contribution is -2.31. The highest BCUT2D eigenvalue weighted by atomic mass is 32.1. The van der Waals surface area contributed by atoms with Crippen LogP contribution in [0.5, 0.6) is 0 Å². The van der Waals surface area contributed by atoms with Crippen molar-refractivity contribution in [2.24, 2.45) is 0 Å². The molecule has 112 valence electrons. The Morgan fingerprint density at radius 2 is 2.00 bits per heavy atom. The molecule has 1 atom stereocenters. The van der Waals surface area contributed by atoms with Gasteiger partial charge in [-0.2, -0.15) is 11.3 Å². The zero-order valence-corrected chi connectivity index (χ0v) is 11.8. The average Bonchev–Trinajstić information content (AvgIpc) is 2.97. The van der Waals surface area contributed by atoms with Gasteiger partial charge in [0.1, 0.15) is 17.3 Å². The van der Waals surface area contributed by atoms with E-state index in [1.807, 2.05) is 5.38 Å². The number of halogens is 2. The van der Waals surface area contributed by atoms with E-state index in [0.717, 1.165) is 17.7 Å².